The highest BCUT2D eigenvalue weighted by atomic mass is 19.1. The molecule has 0 saturated heterocycles. The Labute approximate surface area is 129 Å². The first-order chi connectivity index (χ1) is 10.5. The summed E-state index contributed by atoms with van der Waals surface area (Å²) < 4.78 is 30.4. The smallest absolute Gasteiger partial charge is 0.339 e. The van der Waals surface area contributed by atoms with E-state index < -0.39 is 11.6 Å². The number of carbonyl (C=O) groups is 1. The standard InChI is InChI=1S/C16H22FNO4/c1-4-5-6-22-12-8-16(17,9-12)13-7-11(15(19)21-3)10-18-14(13)20-2/h7,10,12H,4-6,8-9H2,1-3H3. The second-order valence-corrected chi connectivity index (χ2v) is 5.49. The minimum absolute atomic E-state index is 0.0944. The molecule has 0 amide bonds. The van der Waals surface area contributed by atoms with Crippen LogP contribution in [0.15, 0.2) is 12.3 Å². The van der Waals surface area contributed by atoms with Gasteiger partial charge in [-0.2, -0.15) is 0 Å². The molecule has 5 nitrogen and oxygen atoms in total. The van der Waals surface area contributed by atoms with Crippen molar-refractivity contribution in [2.24, 2.45) is 0 Å². The van der Waals surface area contributed by atoms with Gasteiger partial charge in [0.2, 0.25) is 5.88 Å². The Balaban J connectivity index is 2.12. The molecule has 1 aliphatic rings. The second kappa shape index (κ2) is 7.05. The molecule has 0 aromatic carbocycles. The van der Waals surface area contributed by atoms with E-state index in [2.05, 4.69) is 16.6 Å². The number of carbonyl (C=O) groups excluding carboxylic acids is 1. The SMILES string of the molecule is CCCCOC1CC(F)(c2cc(C(=O)OC)cnc2OC)C1. The quantitative estimate of drug-likeness (QED) is 0.572. The van der Waals surface area contributed by atoms with Gasteiger partial charge in [0, 0.05) is 25.6 Å². The van der Waals surface area contributed by atoms with Crippen LogP contribution < -0.4 is 4.74 Å². The number of methoxy groups -OCH3 is 2. The minimum Gasteiger partial charge on any atom is -0.481 e. The van der Waals surface area contributed by atoms with E-state index in [0.717, 1.165) is 12.8 Å². The highest BCUT2D eigenvalue weighted by Crippen LogP contribution is 2.49. The van der Waals surface area contributed by atoms with E-state index in [0.29, 0.717) is 6.61 Å². The number of ether oxygens (including phenoxy) is 3. The van der Waals surface area contributed by atoms with Crippen molar-refractivity contribution in [2.75, 3.05) is 20.8 Å². The van der Waals surface area contributed by atoms with Crippen molar-refractivity contribution in [3.05, 3.63) is 23.4 Å². The summed E-state index contributed by atoms with van der Waals surface area (Å²) in [5.74, 6) is -0.350. The maximum absolute atomic E-state index is 15.0. The lowest BCUT2D eigenvalue weighted by atomic mass is 9.74. The van der Waals surface area contributed by atoms with Crippen LogP contribution in [-0.4, -0.2) is 37.9 Å². The van der Waals surface area contributed by atoms with Gasteiger partial charge in [-0.1, -0.05) is 13.3 Å². The molecule has 1 aromatic heterocycles. The first-order valence-electron chi connectivity index (χ1n) is 7.47. The van der Waals surface area contributed by atoms with Crippen LogP contribution in [0.3, 0.4) is 0 Å². The monoisotopic (exact) mass is 311 g/mol. The first kappa shape index (κ1) is 16.7. The molecule has 22 heavy (non-hydrogen) atoms. The summed E-state index contributed by atoms with van der Waals surface area (Å²) in [7, 11) is 2.71. The van der Waals surface area contributed by atoms with Crippen LogP contribution in [-0.2, 0) is 15.1 Å². The van der Waals surface area contributed by atoms with Crippen LogP contribution in [0.5, 0.6) is 5.88 Å². The largest absolute Gasteiger partial charge is 0.481 e. The second-order valence-electron chi connectivity index (χ2n) is 5.49. The normalized spacial score (nSPS) is 23.7. The Bertz CT molecular complexity index is 529. The number of nitrogens with zero attached hydrogens (tertiary/aromatic N) is 1. The molecule has 2 rings (SSSR count). The van der Waals surface area contributed by atoms with Gasteiger partial charge in [0.25, 0.3) is 0 Å². The zero-order chi connectivity index (χ0) is 16.2. The molecule has 1 aromatic rings. The molecule has 1 saturated carbocycles. The third-order valence-electron chi connectivity index (χ3n) is 3.90. The number of aromatic nitrogens is 1. The molecule has 0 unspecified atom stereocenters. The molecule has 6 heteroatoms. The minimum atomic E-state index is -1.57. The van der Waals surface area contributed by atoms with Gasteiger partial charge in [-0.3, -0.25) is 0 Å². The molecule has 0 aliphatic heterocycles. The van der Waals surface area contributed by atoms with Crippen molar-refractivity contribution in [3.8, 4) is 5.88 Å². The van der Waals surface area contributed by atoms with Gasteiger partial charge in [0.1, 0.15) is 5.67 Å². The third kappa shape index (κ3) is 3.38. The number of rotatable bonds is 7. The molecule has 1 heterocycles. The van der Waals surface area contributed by atoms with Crippen LogP contribution in [0.1, 0.15) is 48.5 Å². The topological polar surface area (TPSA) is 57.7 Å². The highest BCUT2D eigenvalue weighted by Gasteiger charge is 2.49. The van der Waals surface area contributed by atoms with Crippen molar-refractivity contribution in [1.29, 1.82) is 0 Å². The van der Waals surface area contributed by atoms with E-state index in [9.17, 15) is 4.79 Å². The lowest BCUT2D eigenvalue weighted by Crippen LogP contribution is -2.43. The lowest BCUT2D eigenvalue weighted by molar-refractivity contribution is -0.101. The lowest BCUT2D eigenvalue weighted by Gasteiger charge is -2.41. The molecular weight excluding hydrogens is 289 g/mol. The van der Waals surface area contributed by atoms with Crippen LogP contribution >= 0.6 is 0 Å². The van der Waals surface area contributed by atoms with E-state index in [4.69, 9.17) is 9.47 Å². The van der Waals surface area contributed by atoms with Crippen LogP contribution in [0.25, 0.3) is 0 Å². The Kier molecular flexibility index (Phi) is 5.34. The molecule has 1 aliphatic carbocycles. The van der Waals surface area contributed by atoms with Crippen LogP contribution in [0.4, 0.5) is 4.39 Å². The van der Waals surface area contributed by atoms with Crippen LogP contribution in [0, 0.1) is 0 Å². The molecule has 122 valence electrons. The van der Waals surface area contributed by atoms with E-state index in [1.54, 1.807) is 0 Å². The Morgan fingerprint density at radius 1 is 1.45 bits per heavy atom. The Morgan fingerprint density at radius 2 is 2.18 bits per heavy atom. The molecule has 0 spiro atoms. The number of pyridine rings is 1. The zero-order valence-corrected chi connectivity index (χ0v) is 13.2. The van der Waals surface area contributed by atoms with Crippen molar-refractivity contribution >= 4 is 5.97 Å². The van der Waals surface area contributed by atoms with Gasteiger partial charge < -0.3 is 14.2 Å². The fourth-order valence-corrected chi connectivity index (χ4v) is 2.56. The maximum atomic E-state index is 15.0. The molecule has 0 bridgehead atoms. The Morgan fingerprint density at radius 3 is 2.77 bits per heavy atom. The summed E-state index contributed by atoms with van der Waals surface area (Å²) in [6.07, 6.45) is 3.75. The molecule has 0 atom stereocenters. The molecule has 0 radical (unpaired) electrons. The number of hydrogen-bond acceptors (Lipinski definition) is 5. The summed E-state index contributed by atoms with van der Waals surface area (Å²) in [6, 6.07) is 1.46. The average molecular weight is 311 g/mol. The van der Waals surface area contributed by atoms with Gasteiger partial charge in [-0.25, -0.2) is 14.2 Å². The summed E-state index contributed by atoms with van der Waals surface area (Å²) in [6.45, 7) is 2.73. The van der Waals surface area contributed by atoms with Gasteiger partial charge in [-0.05, 0) is 12.5 Å². The Hall–Kier alpha value is -1.69. The molecular formula is C16H22FNO4. The number of halogens is 1. The predicted molar refractivity (Wildman–Crippen MR) is 78.8 cm³/mol. The van der Waals surface area contributed by atoms with E-state index in [-0.39, 0.29) is 36.0 Å². The van der Waals surface area contributed by atoms with Crippen molar-refractivity contribution in [1.82, 2.24) is 4.98 Å². The average Bonchev–Trinajstić information content (AvgIpc) is 2.51. The van der Waals surface area contributed by atoms with Gasteiger partial charge in [0.15, 0.2) is 0 Å². The van der Waals surface area contributed by atoms with Crippen molar-refractivity contribution in [2.45, 2.75) is 44.4 Å². The van der Waals surface area contributed by atoms with E-state index >= 15 is 4.39 Å². The predicted octanol–water partition coefficient (Wildman–Crippen LogP) is 3.02. The molecule has 0 N–H and O–H groups in total. The first-order valence-corrected chi connectivity index (χ1v) is 7.47. The van der Waals surface area contributed by atoms with E-state index in [1.165, 1.54) is 26.5 Å². The summed E-state index contributed by atoms with van der Waals surface area (Å²) in [5.41, 5.74) is -1.07. The number of esters is 1. The highest BCUT2D eigenvalue weighted by molar-refractivity contribution is 5.89. The van der Waals surface area contributed by atoms with Gasteiger partial charge in [0.05, 0.1) is 31.5 Å². The third-order valence-corrected chi connectivity index (χ3v) is 3.90. The summed E-state index contributed by atoms with van der Waals surface area (Å²) >= 11 is 0. The van der Waals surface area contributed by atoms with Crippen LogP contribution in [0.2, 0.25) is 0 Å². The summed E-state index contributed by atoms with van der Waals surface area (Å²) in [5, 5.41) is 0. The zero-order valence-electron chi connectivity index (χ0n) is 13.2. The van der Waals surface area contributed by atoms with Crippen molar-refractivity contribution < 1.29 is 23.4 Å². The van der Waals surface area contributed by atoms with Crippen molar-refractivity contribution in [3.63, 3.8) is 0 Å². The maximum Gasteiger partial charge on any atom is 0.339 e. The summed E-state index contributed by atoms with van der Waals surface area (Å²) in [4.78, 5) is 15.6. The number of hydrogen-bond donors (Lipinski definition) is 0. The van der Waals surface area contributed by atoms with Gasteiger partial charge in [-0.15, -0.1) is 0 Å². The fraction of sp³-hybridized carbons (Fsp3) is 0.625. The fourth-order valence-electron chi connectivity index (χ4n) is 2.56. The number of alkyl halides is 1. The van der Waals surface area contributed by atoms with E-state index in [1.807, 2.05) is 0 Å². The molecule has 1 fully saturated rings. The number of unbranched alkanes of at least 4 members (excludes halogenated alkanes) is 1. The van der Waals surface area contributed by atoms with Gasteiger partial charge >= 0.3 is 5.97 Å².